The van der Waals surface area contributed by atoms with E-state index in [9.17, 15) is 0 Å². The van der Waals surface area contributed by atoms with E-state index in [-0.39, 0.29) is 0 Å². The third-order valence-electron chi connectivity index (χ3n) is 3.92. The van der Waals surface area contributed by atoms with Gasteiger partial charge in [0, 0.05) is 36.3 Å². The molecular weight excluding hydrogens is 302 g/mol. The molecular formula is C16H20ClN3O2. The topological polar surface area (TPSA) is 50.4 Å². The van der Waals surface area contributed by atoms with Crippen LogP contribution >= 0.6 is 11.6 Å². The smallest absolute Gasteiger partial charge is 0.179 e. The number of aromatic amines is 1. The zero-order valence-corrected chi connectivity index (χ0v) is 13.8. The Kier molecular flexibility index (Phi) is 4.27. The monoisotopic (exact) mass is 321 g/mol. The van der Waals surface area contributed by atoms with E-state index in [1.54, 1.807) is 7.11 Å². The van der Waals surface area contributed by atoms with Gasteiger partial charge in [-0.25, -0.2) is 0 Å². The number of hydrogen-bond acceptors (Lipinski definition) is 4. The summed E-state index contributed by atoms with van der Waals surface area (Å²) in [5.41, 5.74) is 4.32. The number of aromatic nitrogens is 2. The van der Waals surface area contributed by atoms with Crippen molar-refractivity contribution < 1.29 is 9.47 Å². The Hall–Kier alpha value is -1.72. The molecule has 1 N–H and O–H groups in total. The van der Waals surface area contributed by atoms with Crippen molar-refractivity contribution in [3.05, 3.63) is 28.4 Å². The number of H-pyrrole nitrogens is 1. The van der Waals surface area contributed by atoms with Gasteiger partial charge in [-0.2, -0.15) is 5.10 Å². The maximum Gasteiger partial charge on any atom is 0.179 e. The van der Waals surface area contributed by atoms with E-state index < -0.39 is 0 Å². The van der Waals surface area contributed by atoms with Crippen LogP contribution in [0.5, 0.6) is 11.5 Å². The quantitative estimate of drug-likeness (QED) is 0.940. The fourth-order valence-electron chi connectivity index (χ4n) is 2.81. The maximum atomic E-state index is 6.37. The minimum absolute atomic E-state index is 0.539. The van der Waals surface area contributed by atoms with Crippen molar-refractivity contribution in [3.63, 3.8) is 0 Å². The molecule has 0 saturated heterocycles. The fraction of sp³-hybridized carbons (Fsp3) is 0.438. The standard InChI is InChI=1S/C16H20ClN3O2/c1-4-22-16-12(17)7-10(8-14(16)21-3)15-11-9-20(2)6-5-13(11)18-19-15/h7-8H,4-6,9H2,1-3H3,(H,18,19). The molecule has 0 aliphatic carbocycles. The van der Waals surface area contributed by atoms with E-state index in [2.05, 4.69) is 22.1 Å². The van der Waals surface area contributed by atoms with Gasteiger partial charge in [0.15, 0.2) is 11.5 Å². The highest BCUT2D eigenvalue weighted by Crippen LogP contribution is 2.40. The highest BCUT2D eigenvalue weighted by Gasteiger charge is 2.22. The van der Waals surface area contributed by atoms with Gasteiger partial charge in [0.05, 0.1) is 24.4 Å². The summed E-state index contributed by atoms with van der Waals surface area (Å²) in [7, 11) is 3.73. The molecule has 0 amide bonds. The number of nitrogens with zero attached hydrogens (tertiary/aromatic N) is 2. The lowest BCUT2D eigenvalue weighted by Gasteiger charge is -2.22. The molecule has 2 aromatic rings. The molecule has 0 atom stereocenters. The highest BCUT2D eigenvalue weighted by molar-refractivity contribution is 6.32. The summed E-state index contributed by atoms with van der Waals surface area (Å²) in [6.45, 7) is 4.39. The highest BCUT2D eigenvalue weighted by atomic mass is 35.5. The van der Waals surface area contributed by atoms with Gasteiger partial charge in [0.2, 0.25) is 0 Å². The Morgan fingerprint density at radius 3 is 2.95 bits per heavy atom. The van der Waals surface area contributed by atoms with Gasteiger partial charge in [-0.15, -0.1) is 0 Å². The molecule has 0 radical (unpaired) electrons. The van der Waals surface area contributed by atoms with Gasteiger partial charge < -0.3 is 14.4 Å². The molecule has 0 unspecified atom stereocenters. The van der Waals surface area contributed by atoms with Gasteiger partial charge in [0.1, 0.15) is 0 Å². The zero-order chi connectivity index (χ0) is 15.7. The van der Waals surface area contributed by atoms with Crippen LogP contribution < -0.4 is 9.47 Å². The Morgan fingerprint density at radius 2 is 2.23 bits per heavy atom. The SMILES string of the molecule is CCOc1c(Cl)cc(-c2n[nH]c3c2CN(C)CC3)cc1OC. The first-order valence-electron chi connectivity index (χ1n) is 7.39. The van der Waals surface area contributed by atoms with Gasteiger partial charge in [-0.3, -0.25) is 5.10 Å². The van der Waals surface area contributed by atoms with Crippen molar-refractivity contribution in [1.82, 2.24) is 15.1 Å². The molecule has 6 heteroatoms. The van der Waals surface area contributed by atoms with E-state index in [4.69, 9.17) is 21.1 Å². The molecule has 0 fully saturated rings. The van der Waals surface area contributed by atoms with Crippen LogP contribution in [0, 0.1) is 0 Å². The number of ether oxygens (including phenoxy) is 2. The van der Waals surface area contributed by atoms with Crippen LogP contribution in [0.25, 0.3) is 11.3 Å². The molecule has 0 bridgehead atoms. The molecule has 5 nitrogen and oxygen atoms in total. The Labute approximate surface area is 135 Å². The van der Waals surface area contributed by atoms with Crippen LogP contribution in [-0.4, -0.2) is 42.4 Å². The van der Waals surface area contributed by atoms with Crippen molar-refractivity contribution in [2.24, 2.45) is 0 Å². The number of likely N-dealkylation sites (N-methyl/N-ethyl adjacent to an activating group) is 1. The Morgan fingerprint density at radius 1 is 1.41 bits per heavy atom. The summed E-state index contributed by atoms with van der Waals surface area (Å²) in [5.74, 6) is 1.21. The lowest BCUT2D eigenvalue weighted by Crippen LogP contribution is -2.26. The first-order chi connectivity index (χ1) is 10.6. The van der Waals surface area contributed by atoms with Crippen molar-refractivity contribution in [1.29, 1.82) is 0 Å². The molecule has 118 valence electrons. The number of benzene rings is 1. The first-order valence-corrected chi connectivity index (χ1v) is 7.77. The summed E-state index contributed by atoms with van der Waals surface area (Å²) >= 11 is 6.37. The van der Waals surface area contributed by atoms with Crippen molar-refractivity contribution in [2.45, 2.75) is 19.9 Å². The second-order valence-electron chi connectivity index (χ2n) is 5.44. The minimum Gasteiger partial charge on any atom is -0.493 e. The van der Waals surface area contributed by atoms with Gasteiger partial charge in [-0.1, -0.05) is 11.6 Å². The van der Waals surface area contributed by atoms with Crippen LogP contribution in [0.1, 0.15) is 18.2 Å². The largest absolute Gasteiger partial charge is 0.493 e. The molecule has 22 heavy (non-hydrogen) atoms. The predicted molar refractivity (Wildman–Crippen MR) is 86.8 cm³/mol. The third-order valence-corrected chi connectivity index (χ3v) is 4.20. The van der Waals surface area contributed by atoms with Crippen LogP contribution in [0.4, 0.5) is 0 Å². The summed E-state index contributed by atoms with van der Waals surface area (Å²) < 4.78 is 11.0. The Bertz CT molecular complexity index is 684. The van der Waals surface area contributed by atoms with E-state index in [1.165, 1.54) is 11.3 Å². The second kappa shape index (κ2) is 6.18. The molecule has 0 spiro atoms. The number of halogens is 1. The van der Waals surface area contributed by atoms with Crippen LogP contribution in [0.2, 0.25) is 5.02 Å². The van der Waals surface area contributed by atoms with E-state index >= 15 is 0 Å². The summed E-state index contributed by atoms with van der Waals surface area (Å²) in [5, 5.41) is 8.18. The Balaban J connectivity index is 2.06. The third kappa shape index (κ3) is 2.66. The molecule has 1 aliphatic heterocycles. The lowest BCUT2D eigenvalue weighted by molar-refractivity contribution is 0.311. The normalized spacial score (nSPS) is 14.7. The lowest BCUT2D eigenvalue weighted by atomic mass is 10.0. The van der Waals surface area contributed by atoms with Crippen LogP contribution in [0.15, 0.2) is 12.1 Å². The molecule has 1 aromatic heterocycles. The van der Waals surface area contributed by atoms with Crippen molar-refractivity contribution in [2.75, 3.05) is 27.3 Å². The minimum atomic E-state index is 0.539. The predicted octanol–water partition coefficient (Wildman–Crippen LogP) is 3.13. The second-order valence-corrected chi connectivity index (χ2v) is 5.85. The molecule has 2 heterocycles. The summed E-state index contributed by atoms with van der Waals surface area (Å²) in [4.78, 5) is 2.29. The van der Waals surface area contributed by atoms with Gasteiger partial charge >= 0.3 is 0 Å². The molecule has 1 aromatic carbocycles. The van der Waals surface area contributed by atoms with Crippen molar-refractivity contribution >= 4 is 11.6 Å². The average Bonchev–Trinajstić information content (AvgIpc) is 2.92. The number of nitrogens with one attached hydrogen (secondary N) is 1. The number of methoxy groups -OCH3 is 1. The first kappa shape index (κ1) is 15.2. The summed E-state index contributed by atoms with van der Waals surface area (Å²) in [6.07, 6.45) is 0.987. The fourth-order valence-corrected chi connectivity index (χ4v) is 3.07. The maximum absolute atomic E-state index is 6.37. The van der Waals surface area contributed by atoms with Crippen molar-refractivity contribution in [3.8, 4) is 22.8 Å². The van der Waals surface area contributed by atoms with E-state index in [1.807, 2.05) is 19.1 Å². The van der Waals surface area contributed by atoms with Gasteiger partial charge in [0.25, 0.3) is 0 Å². The molecule has 1 aliphatic rings. The van der Waals surface area contributed by atoms with E-state index in [0.29, 0.717) is 23.1 Å². The molecule has 0 saturated carbocycles. The number of fused-ring (bicyclic) bond motifs is 1. The van der Waals surface area contributed by atoms with Crippen LogP contribution in [0.3, 0.4) is 0 Å². The molecule has 3 rings (SSSR count). The number of rotatable bonds is 4. The summed E-state index contributed by atoms with van der Waals surface area (Å²) in [6, 6.07) is 3.82. The number of hydrogen-bond donors (Lipinski definition) is 1. The van der Waals surface area contributed by atoms with Crippen LogP contribution in [-0.2, 0) is 13.0 Å². The van der Waals surface area contributed by atoms with E-state index in [0.717, 1.165) is 30.8 Å². The zero-order valence-electron chi connectivity index (χ0n) is 13.1. The average molecular weight is 322 g/mol. The van der Waals surface area contributed by atoms with Gasteiger partial charge in [-0.05, 0) is 26.1 Å².